The molecule has 12 nitrogen and oxygen atoms in total. The Morgan fingerprint density at radius 2 is 1.25 bits per heavy atom. The largest absolute Gasteiger partial charge is 0.463 e. The van der Waals surface area contributed by atoms with Crippen LogP contribution in [-0.2, 0) is 57.1 Å². The maximum absolute atomic E-state index is 11.7. The molecule has 1 fully saturated rings. The molecule has 1 heterocycles. The number of ether oxygens (including phenoxy) is 7. The normalized spacial score (nSPS) is 24.6. The zero-order valence-electron chi connectivity index (χ0n) is 18.6. The van der Waals surface area contributed by atoms with E-state index in [4.69, 9.17) is 33.2 Å². The van der Waals surface area contributed by atoms with Gasteiger partial charge < -0.3 is 33.2 Å². The summed E-state index contributed by atoms with van der Waals surface area (Å²) < 4.78 is 36.9. The average Bonchev–Trinajstić information content (AvgIpc) is 2.66. The van der Waals surface area contributed by atoms with Crippen molar-refractivity contribution < 1.29 is 57.1 Å². The van der Waals surface area contributed by atoms with Gasteiger partial charge in [-0.25, -0.2) is 4.79 Å². The highest BCUT2D eigenvalue weighted by molar-refractivity contribution is 5.86. The summed E-state index contributed by atoms with van der Waals surface area (Å²) in [5.41, 5.74) is 0.192. The minimum absolute atomic E-state index is 0.182. The Morgan fingerprint density at radius 3 is 1.75 bits per heavy atom. The fraction of sp³-hybridized carbons (Fsp3) is 0.650. The van der Waals surface area contributed by atoms with E-state index in [1.807, 2.05) is 0 Å². The van der Waals surface area contributed by atoms with Crippen molar-refractivity contribution in [3.05, 3.63) is 12.2 Å². The Balaban J connectivity index is 3.13. The zero-order valence-corrected chi connectivity index (χ0v) is 18.6. The van der Waals surface area contributed by atoms with Crippen LogP contribution >= 0.6 is 0 Å². The van der Waals surface area contributed by atoms with Crippen LogP contribution in [0.25, 0.3) is 0 Å². The predicted molar refractivity (Wildman–Crippen MR) is 104 cm³/mol. The van der Waals surface area contributed by atoms with E-state index < -0.39 is 60.6 Å². The van der Waals surface area contributed by atoms with Crippen LogP contribution in [0.15, 0.2) is 12.2 Å². The van der Waals surface area contributed by atoms with Crippen LogP contribution in [-0.4, -0.2) is 80.4 Å². The third-order valence-corrected chi connectivity index (χ3v) is 3.90. The topological polar surface area (TPSA) is 150 Å². The zero-order chi connectivity index (χ0) is 24.4. The average molecular weight is 460 g/mol. The molecule has 0 saturated carbocycles. The first kappa shape index (κ1) is 27.0. The second-order valence-electron chi connectivity index (χ2n) is 6.85. The summed E-state index contributed by atoms with van der Waals surface area (Å²) in [7, 11) is 0. The van der Waals surface area contributed by atoms with Gasteiger partial charge in [-0.2, -0.15) is 0 Å². The van der Waals surface area contributed by atoms with Crippen molar-refractivity contribution in [2.24, 2.45) is 0 Å². The highest BCUT2D eigenvalue weighted by Gasteiger charge is 2.52. The lowest BCUT2D eigenvalue weighted by molar-refractivity contribution is -0.309. The van der Waals surface area contributed by atoms with Crippen LogP contribution in [0.1, 0.15) is 34.6 Å². The monoisotopic (exact) mass is 460 g/mol. The Labute approximate surface area is 185 Å². The van der Waals surface area contributed by atoms with Crippen molar-refractivity contribution in [3.63, 3.8) is 0 Å². The molecule has 5 atom stereocenters. The van der Waals surface area contributed by atoms with Gasteiger partial charge in [0.15, 0.2) is 24.6 Å². The predicted octanol–water partition coefficient (Wildman–Crippen LogP) is 0.205. The molecule has 1 rings (SSSR count). The highest BCUT2D eigenvalue weighted by atomic mass is 16.7. The van der Waals surface area contributed by atoms with E-state index in [1.54, 1.807) is 0 Å². The van der Waals surface area contributed by atoms with Crippen molar-refractivity contribution in [2.45, 2.75) is 65.3 Å². The molecule has 1 aliphatic heterocycles. The molecule has 1 saturated heterocycles. The van der Waals surface area contributed by atoms with Gasteiger partial charge in [0.25, 0.3) is 0 Å². The van der Waals surface area contributed by atoms with E-state index in [2.05, 4.69) is 6.58 Å². The molecule has 0 N–H and O–H groups in total. The minimum atomic E-state index is -1.34. The van der Waals surface area contributed by atoms with Gasteiger partial charge in [0, 0.05) is 33.3 Å². The second kappa shape index (κ2) is 12.8. The summed E-state index contributed by atoms with van der Waals surface area (Å²) in [6, 6.07) is 0. The Hall–Kier alpha value is -2.99. The van der Waals surface area contributed by atoms with Crippen molar-refractivity contribution in [1.82, 2.24) is 0 Å². The molecule has 0 aromatic carbocycles. The van der Waals surface area contributed by atoms with E-state index in [1.165, 1.54) is 13.8 Å². The SMILES string of the molecule is C=C(C)C(=O)OCCO[C@@H]1O[C@H](COC(C)=O)[C@H](OC(C)=O)[C@H](OC(C)=O)[C@H]1OC(C)=O. The maximum Gasteiger partial charge on any atom is 0.333 e. The molecule has 0 aromatic rings. The molecule has 180 valence electrons. The maximum atomic E-state index is 11.7. The number of rotatable bonds is 10. The molecule has 32 heavy (non-hydrogen) atoms. The summed E-state index contributed by atoms with van der Waals surface area (Å²) >= 11 is 0. The first-order chi connectivity index (χ1) is 14.9. The van der Waals surface area contributed by atoms with Gasteiger partial charge in [-0.05, 0) is 6.92 Å². The number of carbonyl (C=O) groups excluding carboxylic acids is 5. The van der Waals surface area contributed by atoms with Crippen LogP contribution in [0.2, 0.25) is 0 Å². The van der Waals surface area contributed by atoms with Crippen LogP contribution < -0.4 is 0 Å². The van der Waals surface area contributed by atoms with Gasteiger partial charge in [-0.3, -0.25) is 19.2 Å². The first-order valence-electron chi connectivity index (χ1n) is 9.67. The van der Waals surface area contributed by atoms with Crippen LogP contribution in [0.4, 0.5) is 0 Å². The third-order valence-electron chi connectivity index (χ3n) is 3.90. The Kier molecular flexibility index (Phi) is 10.8. The first-order valence-corrected chi connectivity index (χ1v) is 9.67. The fourth-order valence-corrected chi connectivity index (χ4v) is 2.74. The molecule has 12 heteroatoms. The van der Waals surface area contributed by atoms with Crippen molar-refractivity contribution in [3.8, 4) is 0 Å². The van der Waals surface area contributed by atoms with E-state index in [9.17, 15) is 24.0 Å². The lowest BCUT2D eigenvalue weighted by atomic mass is 9.98. The van der Waals surface area contributed by atoms with E-state index in [0.717, 1.165) is 20.8 Å². The van der Waals surface area contributed by atoms with Gasteiger partial charge in [-0.1, -0.05) is 6.58 Å². The molecule has 0 aliphatic carbocycles. The highest BCUT2D eigenvalue weighted by Crippen LogP contribution is 2.29. The van der Waals surface area contributed by atoms with Gasteiger partial charge in [0.2, 0.25) is 0 Å². The molecule has 0 bridgehead atoms. The molecule has 0 unspecified atom stereocenters. The van der Waals surface area contributed by atoms with E-state index in [-0.39, 0.29) is 25.4 Å². The van der Waals surface area contributed by atoms with Gasteiger partial charge >= 0.3 is 29.8 Å². The van der Waals surface area contributed by atoms with Crippen LogP contribution in [0.5, 0.6) is 0 Å². The van der Waals surface area contributed by atoms with Crippen LogP contribution in [0.3, 0.4) is 0 Å². The quantitative estimate of drug-likeness (QED) is 0.190. The van der Waals surface area contributed by atoms with E-state index in [0.29, 0.717) is 0 Å². The number of hydrogen-bond donors (Lipinski definition) is 0. The summed E-state index contributed by atoms with van der Waals surface area (Å²) in [4.78, 5) is 57.8. The van der Waals surface area contributed by atoms with Gasteiger partial charge in [-0.15, -0.1) is 0 Å². The molecule has 0 amide bonds. The van der Waals surface area contributed by atoms with Crippen LogP contribution in [0, 0.1) is 0 Å². The summed E-state index contributed by atoms with van der Waals surface area (Å²) in [6.07, 6.45) is -6.41. The summed E-state index contributed by atoms with van der Waals surface area (Å²) in [5, 5.41) is 0. The number of esters is 5. The molecule has 0 aromatic heterocycles. The third kappa shape index (κ3) is 9.02. The lowest BCUT2D eigenvalue weighted by Gasteiger charge is -2.44. The molecule has 0 spiro atoms. The Bertz CT molecular complexity index is 730. The number of carbonyl (C=O) groups is 5. The van der Waals surface area contributed by atoms with Gasteiger partial charge in [0.1, 0.15) is 19.3 Å². The standard InChI is InChI=1S/C20H28O12/c1-10(2)19(25)26-7-8-27-20-18(31-14(6)24)17(30-13(5)23)16(29-12(4)22)15(32-20)9-28-11(3)21/h15-18,20H,1,7-9H2,2-6H3/t15-,16+,17+,18-,20-/m1/s1. The van der Waals surface area contributed by atoms with Gasteiger partial charge in [0.05, 0.1) is 6.61 Å². The Morgan fingerprint density at radius 1 is 0.719 bits per heavy atom. The molecule has 0 radical (unpaired) electrons. The summed E-state index contributed by atoms with van der Waals surface area (Å²) in [5.74, 6) is -3.51. The smallest absolute Gasteiger partial charge is 0.333 e. The molecule has 1 aliphatic rings. The number of hydrogen-bond acceptors (Lipinski definition) is 12. The lowest BCUT2D eigenvalue weighted by Crippen LogP contribution is -2.63. The van der Waals surface area contributed by atoms with Crippen molar-refractivity contribution >= 4 is 29.8 Å². The van der Waals surface area contributed by atoms with Crippen molar-refractivity contribution in [1.29, 1.82) is 0 Å². The molecular weight excluding hydrogens is 432 g/mol. The minimum Gasteiger partial charge on any atom is -0.463 e. The fourth-order valence-electron chi connectivity index (χ4n) is 2.74. The summed E-state index contributed by atoms with van der Waals surface area (Å²) in [6.45, 7) is 8.69. The van der Waals surface area contributed by atoms with Crippen molar-refractivity contribution in [2.75, 3.05) is 19.8 Å². The molecular formula is C20H28O12. The van der Waals surface area contributed by atoms with E-state index >= 15 is 0 Å². The second-order valence-corrected chi connectivity index (χ2v) is 6.85.